The van der Waals surface area contributed by atoms with Gasteiger partial charge in [0, 0.05) is 19.2 Å². The molecule has 1 aliphatic carbocycles. The van der Waals surface area contributed by atoms with Gasteiger partial charge in [-0.15, -0.1) is 0 Å². The summed E-state index contributed by atoms with van der Waals surface area (Å²) in [6, 6.07) is 6.82. The van der Waals surface area contributed by atoms with E-state index in [4.69, 9.17) is 44.9 Å². The van der Waals surface area contributed by atoms with Gasteiger partial charge in [-0.05, 0) is 78.7 Å². The monoisotopic (exact) mass is 767 g/mol. The molecule has 4 heterocycles. The third kappa shape index (κ3) is 7.55. The van der Waals surface area contributed by atoms with Crippen LogP contribution in [0.25, 0.3) is 11.2 Å². The van der Waals surface area contributed by atoms with Crippen molar-refractivity contribution in [2.24, 2.45) is 0 Å². The molecular formula is C34H48BrClFN3O5Si2. The van der Waals surface area contributed by atoms with Gasteiger partial charge in [-0.1, -0.05) is 67.9 Å². The van der Waals surface area contributed by atoms with Crippen LogP contribution in [0.4, 0.5) is 4.39 Å². The van der Waals surface area contributed by atoms with Crippen molar-refractivity contribution in [2.75, 3.05) is 19.8 Å². The maximum Gasteiger partial charge on any atom is 0.301 e. The van der Waals surface area contributed by atoms with Crippen LogP contribution < -0.4 is 4.74 Å². The number of fused-ring (bicyclic) bond motifs is 3. The van der Waals surface area contributed by atoms with Gasteiger partial charge in [-0.3, -0.25) is 4.57 Å². The van der Waals surface area contributed by atoms with Gasteiger partial charge in [0.2, 0.25) is 0 Å². The topological polar surface area (TPSA) is 76.9 Å². The Hall–Kier alpha value is -1.39. The van der Waals surface area contributed by atoms with E-state index in [1.54, 1.807) is 6.07 Å². The van der Waals surface area contributed by atoms with Crippen LogP contribution in [0.15, 0.2) is 22.7 Å². The van der Waals surface area contributed by atoms with E-state index in [1.807, 2.05) is 16.7 Å². The Bertz CT molecular complexity index is 1630. The van der Waals surface area contributed by atoms with Crippen LogP contribution in [0.1, 0.15) is 49.9 Å². The van der Waals surface area contributed by atoms with E-state index in [0.717, 1.165) is 34.5 Å². The molecule has 1 aromatic carbocycles. The lowest BCUT2D eigenvalue weighted by Gasteiger charge is -2.39. The molecular weight excluding hydrogens is 721 g/mol. The van der Waals surface area contributed by atoms with E-state index in [-0.39, 0.29) is 47.9 Å². The largest absolute Gasteiger partial charge is 0.456 e. The fourth-order valence-corrected chi connectivity index (χ4v) is 9.23. The Morgan fingerprint density at radius 2 is 1.74 bits per heavy atom. The minimum absolute atomic E-state index is 0.00536. The Kier molecular flexibility index (Phi) is 10.1. The predicted molar refractivity (Wildman–Crippen MR) is 191 cm³/mol. The average molecular weight is 769 g/mol. The Morgan fingerprint density at radius 3 is 2.45 bits per heavy atom. The van der Waals surface area contributed by atoms with Crippen molar-refractivity contribution in [1.82, 2.24) is 14.5 Å². The summed E-state index contributed by atoms with van der Waals surface area (Å²) in [5.74, 6) is -0.192. The van der Waals surface area contributed by atoms with Gasteiger partial charge in [0.05, 0.1) is 30.0 Å². The maximum atomic E-state index is 15.1. The molecule has 258 valence electrons. The zero-order chi connectivity index (χ0) is 33.9. The lowest BCUT2D eigenvalue weighted by atomic mass is 9.95. The van der Waals surface area contributed by atoms with Crippen LogP contribution in [-0.4, -0.2) is 75.2 Å². The minimum Gasteiger partial charge on any atom is -0.456 e. The van der Waals surface area contributed by atoms with E-state index >= 15 is 4.39 Å². The first-order valence-electron chi connectivity index (χ1n) is 16.7. The van der Waals surface area contributed by atoms with E-state index in [1.165, 1.54) is 0 Å². The molecule has 0 spiro atoms. The summed E-state index contributed by atoms with van der Waals surface area (Å²) in [7, 11) is -3.31. The van der Waals surface area contributed by atoms with E-state index < -0.39 is 16.4 Å². The number of rotatable bonds is 11. The van der Waals surface area contributed by atoms with Crippen molar-refractivity contribution in [1.29, 1.82) is 0 Å². The number of nitrogens with zero attached hydrogens (tertiary/aromatic N) is 3. The molecule has 3 aliphatic rings. The summed E-state index contributed by atoms with van der Waals surface area (Å²) in [6.07, 6.45) is 1.24. The predicted octanol–water partition coefficient (Wildman–Crippen LogP) is 8.51. The van der Waals surface area contributed by atoms with Crippen molar-refractivity contribution in [3.8, 4) is 6.01 Å². The van der Waals surface area contributed by atoms with Gasteiger partial charge < -0.3 is 23.4 Å². The molecule has 1 unspecified atom stereocenters. The van der Waals surface area contributed by atoms with Gasteiger partial charge in [-0.25, -0.2) is 9.37 Å². The lowest BCUT2D eigenvalue weighted by Crippen LogP contribution is -2.47. The van der Waals surface area contributed by atoms with Crippen LogP contribution in [0.5, 0.6) is 6.01 Å². The molecule has 5 atom stereocenters. The third-order valence-corrected chi connectivity index (χ3v) is 17.2. The summed E-state index contributed by atoms with van der Waals surface area (Å²) < 4.78 is 49.7. The highest BCUT2D eigenvalue weighted by Crippen LogP contribution is 2.42. The second-order valence-electron chi connectivity index (χ2n) is 16.0. The molecule has 0 bridgehead atoms. The molecule has 2 aliphatic heterocycles. The second-order valence-corrected chi connectivity index (χ2v) is 27.7. The van der Waals surface area contributed by atoms with Crippen molar-refractivity contribution >= 4 is 55.1 Å². The van der Waals surface area contributed by atoms with Crippen LogP contribution in [0.2, 0.25) is 48.8 Å². The molecule has 8 nitrogen and oxygen atoms in total. The molecule has 2 aromatic heterocycles. The number of hydrogen-bond acceptors (Lipinski definition) is 7. The fourth-order valence-electron chi connectivity index (χ4n) is 6.46. The smallest absolute Gasteiger partial charge is 0.301 e. The summed E-state index contributed by atoms with van der Waals surface area (Å²) in [5.41, 5.74) is 3.76. The number of aryl methyl sites for hydroxylation is 1. The van der Waals surface area contributed by atoms with Gasteiger partial charge in [0.25, 0.3) is 0 Å². The lowest BCUT2D eigenvalue weighted by molar-refractivity contribution is 0.00687. The number of hydrogen-bond donors (Lipinski definition) is 0. The van der Waals surface area contributed by atoms with Crippen molar-refractivity contribution < 1.29 is 27.8 Å². The quantitative estimate of drug-likeness (QED) is 0.143. The molecule has 2 saturated heterocycles. The number of benzene rings is 1. The zero-order valence-electron chi connectivity index (χ0n) is 28.8. The molecule has 47 heavy (non-hydrogen) atoms. The van der Waals surface area contributed by atoms with Crippen molar-refractivity contribution in [3.63, 3.8) is 0 Å². The number of aromatic nitrogens is 3. The molecule has 0 amide bonds. The normalized spacial score (nSPS) is 24.7. The summed E-state index contributed by atoms with van der Waals surface area (Å²) in [6.45, 7) is 19.9. The number of halogens is 3. The standard InChI is InChI=1S/C34H48BrClFN3O5Si2/c1-34(2,3)47(7,8)45-28-18-43-30-27(17-42-31(28)30)44-33-39-26-16-23(36)25(38-32(26)40(33)19-41-11-12-46(4,5)6)14-21-10-9-20-13-22(35)15-24(37)29(20)21/h13,15-16,21,27-28,30-31H,9-12,14,17-19H2,1-8H3/t21?,27-,28-,30-,31-/m1/s1. The van der Waals surface area contributed by atoms with Gasteiger partial charge in [-0.2, -0.15) is 4.98 Å². The average Bonchev–Trinajstić information content (AvgIpc) is 3.71. The van der Waals surface area contributed by atoms with Crippen molar-refractivity contribution in [2.45, 2.75) is 121 Å². The van der Waals surface area contributed by atoms with E-state index in [9.17, 15) is 0 Å². The number of ether oxygens (including phenoxy) is 4. The molecule has 0 radical (unpaired) electrons. The third-order valence-electron chi connectivity index (χ3n) is 10.2. The SMILES string of the molecule is CC(C)(C)[Si](C)(C)O[C@@H]1CO[C@H]2[C@@H]1OC[C@H]2Oc1nc2cc(Cl)c(CC3CCc4cc(Br)cc(F)c43)nc2n1COCC[Si](C)(C)C. The highest BCUT2D eigenvalue weighted by Gasteiger charge is 2.52. The summed E-state index contributed by atoms with van der Waals surface area (Å²) in [5, 5.41) is 0.591. The van der Waals surface area contributed by atoms with Gasteiger partial charge in [0.1, 0.15) is 30.3 Å². The first-order chi connectivity index (χ1) is 22.0. The molecule has 6 rings (SSSR count). The fraction of sp³-hybridized carbons (Fsp3) is 0.647. The Labute approximate surface area is 293 Å². The first-order valence-corrected chi connectivity index (χ1v) is 24.5. The van der Waals surface area contributed by atoms with Gasteiger partial charge in [0.15, 0.2) is 20.1 Å². The zero-order valence-corrected chi connectivity index (χ0v) is 33.1. The van der Waals surface area contributed by atoms with Crippen molar-refractivity contribution in [3.05, 3.63) is 50.3 Å². The summed E-state index contributed by atoms with van der Waals surface area (Å²) in [4.78, 5) is 9.87. The first kappa shape index (κ1) is 35.4. The minimum atomic E-state index is -2.01. The molecule has 13 heteroatoms. The molecule has 2 fully saturated rings. The Morgan fingerprint density at radius 1 is 1.04 bits per heavy atom. The number of imidazole rings is 1. The number of pyridine rings is 1. The highest BCUT2D eigenvalue weighted by molar-refractivity contribution is 9.10. The maximum absolute atomic E-state index is 15.1. The Balaban J connectivity index is 1.25. The molecule has 3 aromatic rings. The van der Waals surface area contributed by atoms with Gasteiger partial charge >= 0.3 is 6.01 Å². The van der Waals surface area contributed by atoms with Crippen LogP contribution in [0, 0.1) is 5.82 Å². The van der Waals surface area contributed by atoms with E-state index in [0.29, 0.717) is 54.1 Å². The molecule has 0 N–H and O–H groups in total. The van der Waals surface area contributed by atoms with Crippen LogP contribution in [0.3, 0.4) is 0 Å². The summed E-state index contributed by atoms with van der Waals surface area (Å²) >= 11 is 10.3. The second kappa shape index (κ2) is 13.4. The van der Waals surface area contributed by atoms with Crippen LogP contribution >= 0.6 is 27.5 Å². The molecule has 0 saturated carbocycles. The van der Waals surface area contributed by atoms with Crippen LogP contribution in [-0.2, 0) is 38.2 Å². The van der Waals surface area contributed by atoms with E-state index in [2.05, 4.69) is 69.4 Å². The highest BCUT2D eigenvalue weighted by atomic mass is 79.9.